The number of hydrogen-bond donors (Lipinski definition) is 3. The third kappa shape index (κ3) is 174. The molecule has 0 aromatic heterocycles. The second-order valence-corrected chi connectivity index (χ2v) is 1.76. The Kier molecular flexibility index (Phi) is 50.9. The van der Waals surface area contributed by atoms with Crippen LogP contribution >= 0.6 is 0 Å². The van der Waals surface area contributed by atoms with Crippen molar-refractivity contribution in [2.24, 2.45) is 0 Å². The van der Waals surface area contributed by atoms with Crippen LogP contribution in [0.4, 0.5) is 0 Å². The Morgan fingerprint density at radius 3 is 0.909 bits per heavy atom. The Labute approximate surface area is 69.7 Å². The fraction of sp³-hybridized carbons (Fsp3) is 1.00. The molecule has 0 bridgehead atoms. The monoisotopic (exact) mass is 166 g/mol. The van der Waals surface area contributed by atoms with Crippen molar-refractivity contribution in [3.05, 3.63) is 0 Å². The Bertz CT molecular complexity index is 24.5. The fourth-order valence-electron chi connectivity index (χ4n) is 0. The van der Waals surface area contributed by atoms with Gasteiger partial charge in [-0.05, 0) is 6.92 Å². The van der Waals surface area contributed by atoms with Crippen LogP contribution in [0.3, 0.4) is 0 Å². The normalized spacial score (nSPS) is 7.09. The smallest absolute Gasteiger partial charge is 0.0662 e. The molecule has 0 heterocycles. The highest BCUT2D eigenvalue weighted by atomic mass is 16.3. The van der Waals surface area contributed by atoms with Gasteiger partial charge in [-0.2, -0.15) is 0 Å². The zero-order chi connectivity index (χ0) is 9.54. The van der Waals surface area contributed by atoms with Crippen LogP contribution < -0.4 is 0 Å². The van der Waals surface area contributed by atoms with E-state index in [0.29, 0.717) is 0 Å². The minimum absolute atomic E-state index is 0.125. The Morgan fingerprint density at radius 1 is 0.727 bits per heavy atom. The molecule has 0 aliphatic carbocycles. The largest absolute Gasteiger partial charge is 0.397 e. The molecule has 0 spiro atoms. The van der Waals surface area contributed by atoms with Crippen LogP contribution in [0.5, 0.6) is 0 Å². The lowest BCUT2D eigenvalue weighted by molar-refractivity contribution is 0.186. The second-order valence-electron chi connectivity index (χ2n) is 1.76. The maximum Gasteiger partial charge on any atom is 0.0662 e. The molecular formula is C8H22O3. The van der Waals surface area contributed by atoms with Crippen LogP contribution in [0.2, 0.25) is 0 Å². The summed E-state index contributed by atoms with van der Waals surface area (Å²) in [6.45, 7) is 6.04. The molecule has 0 aliphatic heterocycles. The van der Waals surface area contributed by atoms with E-state index in [1.165, 1.54) is 12.8 Å². The summed E-state index contributed by atoms with van der Waals surface area (Å²) in [4.78, 5) is 0. The summed E-state index contributed by atoms with van der Waals surface area (Å²) in [5.41, 5.74) is 0. The highest BCUT2D eigenvalue weighted by Gasteiger charge is 1.58. The maximum atomic E-state index is 7.62. The quantitative estimate of drug-likeness (QED) is 0.568. The van der Waals surface area contributed by atoms with Crippen molar-refractivity contribution in [1.29, 1.82) is 0 Å². The summed E-state index contributed by atoms with van der Waals surface area (Å²) in [7, 11) is 0. The van der Waals surface area contributed by atoms with Gasteiger partial charge in [-0.25, -0.2) is 0 Å². The lowest BCUT2D eigenvalue weighted by Gasteiger charge is -1.70. The molecule has 0 rings (SSSR count). The standard InChI is InChI=1S/C4H10.C2H6O2.C2H6O/c1-3-4-2;3-1-2-4;1-2-3/h3-4H2,1-2H3;3-4H,1-2H2;3H,2H2,1H3. The lowest BCUT2D eigenvalue weighted by Crippen LogP contribution is -1.85. The van der Waals surface area contributed by atoms with Gasteiger partial charge < -0.3 is 15.3 Å². The van der Waals surface area contributed by atoms with E-state index >= 15 is 0 Å². The minimum atomic E-state index is -0.125. The van der Waals surface area contributed by atoms with Crippen LogP contribution in [0.1, 0.15) is 33.6 Å². The summed E-state index contributed by atoms with van der Waals surface area (Å²) in [5, 5.41) is 22.8. The molecule has 0 radical (unpaired) electrons. The third-order valence-electron chi connectivity index (χ3n) is 0.600. The van der Waals surface area contributed by atoms with Crippen LogP contribution in [-0.4, -0.2) is 35.1 Å². The van der Waals surface area contributed by atoms with E-state index in [2.05, 4.69) is 13.8 Å². The highest BCUT2D eigenvalue weighted by Crippen LogP contribution is 1.76. The van der Waals surface area contributed by atoms with Gasteiger partial charge in [0.1, 0.15) is 0 Å². The van der Waals surface area contributed by atoms with Crippen LogP contribution in [0.15, 0.2) is 0 Å². The molecule has 3 nitrogen and oxygen atoms in total. The number of hydrogen-bond acceptors (Lipinski definition) is 3. The third-order valence-corrected chi connectivity index (χ3v) is 0.600. The predicted octanol–water partition coefficient (Wildman–Crippen LogP) is 0.776. The van der Waals surface area contributed by atoms with Gasteiger partial charge >= 0.3 is 0 Å². The molecule has 0 saturated carbocycles. The van der Waals surface area contributed by atoms with E-state index in [1.807, 2.05) is 0 Å². The van der Waals surface area contributed by atoms with Gasteiger partial charge in [-0.3, -0.25) is 0 Å². The van der Waals surface area contributed by atoms with Crippen molar-refractivity contribution in [1.82, 2.24) is 0 Å². The van der Waals surface area contributed by atoms with E-state index in [1.54, 1.807) is 6.92 Å². The average Bonchev–Trinajstić information content (AvgIpc) is 2.06. The van der Waals surface area contributed by atoms with E-state index in [4.69, 9.17) is 15.3 Å². The van der Waals surface area contributed by atoms with E-state index < -0.39 is 0 Å². The van der Waals surface area contributed by atoms with E-state index in [-0.39, 0.29) is 19.8 Å². The molecule has 11 heavy (non-hydrogen) atoms. The summed E-state index contributed by atoms with van der Waals surface area (Å²) in [5.74, 6) is 0. The molecule has 0 saturated heterocycles. The molecule has 0 atom stereocenters. The number of unbranched alkanes of at least 4 members (excludes halogenated alkanes) is 1. The molecule has 0 aliphatic rings. The van der Waals surface area contributed by atoms with Gasteiger partial charge in [0, 0.05) is 6.61 Å². The number of rotatable bonds is 2. The van der Waals surface area contributed by atoms with Gasteiger partial charge in [0.05, 0.1) is 13.2 Å². The number of aliphatic hydroxyl groups excluding tert-OH is 3. The highest BCUT2D eigenvalue weighted by molar-refractivity contribution is 4.12. The summed E-state index contributed by atoms with van der Waals surface area (Å²) in [6.07, 6.45) is 2.64. The predicted molar refractivity (Wildman–Crippen MR) is 47.5 cm³/mol. The minimum Gasteiger partial charge on any atom is -0.397 e. The van der Waals surface area contributed by atoms with Gasteiger partial charge in [0.2, 0.25) is 0 Å². The molecule has 3 N–H and O–H groups in total. The van der Waals surface area contributed by atoms with Gasteiger partial charge in [0.25, 0.3) is 0 Å². The van der Waals surface area contributed by atoms with Gasteiger partial charge in [-0.15, -0.1) is 0 Å². The first-order chi connectivity index (χ1) is 5.24. The first-order valence-corrected chi connectivity index (χ1v) is 4.07. The Balaban J connectivity index is -0.0000000886. The topological polar surface area (TPSA) is 60.7 Å². The van der Waals surface area contributed by atoms with E-state index in [0.717, 1.165) is 0 Å². The second kappa shape index (κ2) is 32.7. The Morgan fingerprint density at radius 2 is 0.909 bits per heavy atom. The first-order valence-electron chi connectivity index (χ1n) is 4.07. The van der Waals surface area contributed by atoms with Crippen LogP contribution in [-0.2, 0) is 0 Å². The first kappa shape index (κ1) is 17.1. The van der Waals surface area contributed by atoms with Gasteiger partial charge in [-0.1, -0.05) is 26.7 Å². The maximum absolute atomic E-state index is 7.62. The molecule has 0 amide bonds. The molecule has 0 fully saturated rings. The zero-order valence-corrected chi connectivity index (χ0v) is 7.88. The summed E-state index contributed by atoms with van der Waals surface area (Å²) in [6, 6.07) is 0. The molecule has 3 heteroatoms. The fourth-order valence-corrected chi connectivity index (χ4v) is 0. The van der Waals surface area contributed by atoms with Crippen LogP contribution in [0.25, 0.3) is 0 Å². The molecule has 0 aromatic carbocycles. The Hall–Kier alpha value is -0.120. The molecule has 0 aromatic rings. The SMILES string of the molecule is CCCC.CCO.OCCO. The lowest BCUT2D eigenvalue weighted by atomic mass is 10.4. The molecule has 0 unspecified atom stereocenters. The van der Waals surface area contributed by atoms with Crippen molar-refractivity contribution in [3.8, 4) is 0 Å². The van der Waals surface area contributed by atoms with Crippen molar-refractivity contribution < 1.29 is 15.3 Å². The zero-order valence-electron chi connectivity index (χ0n) is 7.88. The summed E-state index contributed by atoms with van der Waals surface area (Å²) < 4.78 is 0. The van der Waals surface area contributed by atoms with Crippen LogP contribution in [0, 0.1) is 0 Å². The van der Waals surface area contributed by atoms with E-state index in [9.17, 15) is 0 Å². The van der Waals surface area contributed by atoms with Gasteiger partial charge in [0.15, 0.2) is 0 Å². The van der Waals surface area contributed by atoms with Crippen molar-refractivity contribution in [3.63, 3.8) is 0 Å². The van der Waals surface area contributed by atoms with Crippen molar-refractivity contribution in [2.75, 3.05) is 19.8 Å². The average molecular weight is 166 g/mol. The number of aliphatic hydroxyl groups is 3. The molecule has 72 valence electrons. The summed E-state index contributed by atoms with van der Waals surface area (Å²) >= 11 is 0. The molecular weight excluding hydrogens is 144 g/mol. The van der Waals surface area contributed by atoms with Crippen molar-refractivity contribution >= 4 is 0 Å². The van der Waals surface area contributed by atoms with Crippen molar-refractivity contribution in [2.45, 2.75) is 33.6 Å².